The van der Waals surface area contributed by atoms with Crippen LogP contribution in [-0.4, -0.2) is 44.1 Å². The Bertz CT molecular complexity index is 609. The van der Waals surface area contributed by atoms with Gasteiger partial charge < -0.3 is 15.6 Å². The van der Waals surface area contributed by atoms with Crippen LogP contribution in [0.4, 0.5) is 5.69 Å². The maximum atomic E-state index is 12.6. The number of sulfonamides is 1. The van der Waals surface area contributed by atoms with E-state index in [2.05, 4.69) is 0 Å². The number of nitrogens with two attached hydrogens (primary N) is 1. The van der Waals surface area contributed by atoms with Crippen LogP contribution >= 0.6 is 0 Å². The van der Waals surface area contributed by atoms with Crippen molar-refractivity contribution in [2.75, 3.05) is 26.4 Å². The van der Waals surface area contributed by atoms with Gasteiger partial charge in [0, 0.05) is 19.7 Å². The molecule has 0 heterocycles. The molecule has 0 saturated heterocycles. The topological polar surface area (TPSA) is 92.9 Å². The molecule has 0 aliphatic heterocycles. The van der Waals surface area contributed by atoms with Crippen LogP contribution in [0.15, 0.2) is 23.1 Å². The Kier molecular flexibility index (Phi) is 4.46. The number of nitrogens with zero attached hydrogens (tertiary/aromatic N) is 1. The van der Waals surface area contributed by atoms with Crippen LogP contribution in [0.1, 0.15) is 25.7 Å². The average molecular weight is 314 g/mol. The normalized spacial score (nSPS) is 18.1. The summed E-state index contributed by atoms with van der Waals surface area (Å²) >= 11 is 0. The Balaban J connectivity index is 2.24. The van der Waals surface area contributed by atoms with Crippen LogP contribution in [0.3, 0.4) is 0 Å². The van der Waals surface area contributed by atoms with E-state index in [-0.39, 0.29) is 11.4 Å². The molecular weight excluding hydrogens is 292 g/mol. The first kappa shape index (κ1) is 16.1. The number of nitrogen functional groups attached to an aromatic ring is 1. The highest BCUT2D eigenvalue weighted by molar-refractivity contribution is 7.89. The van der Waals surface area contributed by atoms with Crippen molar-refractivity contribution in [3.63, 3.8) is 0 Å². The molecule has 0 atom stereocenters. The van der Waals surface area contributed by atoms with Crippen LogP contribution in [0, 0.1) is 0 Å². The van der Waals surface area contributed by atoms with Crippen molar-refractivity contribution in [2.45, 2.75) is 36.2 Å². The van der Waals surface area contributed by atoms with Gasteiger partial charge in [-0.25, -0.2) is 8.42 Å². The van der Waals surface area contributed by atoms with Crippen LogP contribution in [-0.2, 0) is 10.0 Å². The van der Waals surface area contributed by atoms with Crippen molar-refractivity contribution in [3.05, 3.63) is 18.2 Å². The fourth-order valence-electron chi connectivity index (χ4n) is 2.72. The van der Waals surface area contributed by atoms with Gasteiger partial charge in [0.05, 0.1) is 23.3 Å². The van der Waals surface area contributed by atoms with E-state index in [1.807, 2.05) is 0 Å². The van der Waals surface area contributed by atoms with E-state index in [0.717, 1.165) is 12.8 Å². The summed E-state index contributed by atoms with van der Waals surface area (Å²) in [6, 6.07) is 4.35. The summed E-state index contributed by atoms with van der Waals surface area (Å²) in [6.07, 6.45) is 3.13. The lowest BCUT2D eigenvalue weighted by Crippen LogP contribution is -2.41. The van der Waals surface area contributed by atoms with Crippen molar-refractivity contribution >= 4 is 15.7 Å². The second kappa shape index (κ2) is 5.82. The third-order valence-corrected chi connectivity index (χ3v) is 5.76. The van der Waals surface area contributed by atoms with Crippen molar-refractivity contribution in [1.29, 1.82) is 0 Å². The monoisotopic (exact) mass is 314 g/mol. The summed E-state index contributed by atoms with van der Waals surface area (Å²) in [5.74, 6) is 0.323. The molecular formula is C14H22N2O4S. The number of benzene rings is 1. The van der Waals surface area contributed by atoms with E-state index in [4.69, 9.17) is 10.5 Å². The maximum Gasteiger partial charge on any atom is 0.243 e. The van der Waals surface area contributed by atoms with E-state index in [9.17, 15) is 13.5 Å². The molecule has 1 aromatic rings. The van der Waals surface area contributed by atoms with Crippen LogP contribution < -0.4 is 10.5 Å². The smallest absolute Gasteiger partial charge is 0.243 e. The first-order valence-electron chi connectivity index (χ1n) is 6.91. The van der Waals surface area contributed by atoms with E-state index < -0.39 is 15.6 Å². The third-order valence-electron chi connectivity index (χ3n) is 3.96. The van der Waals surface area contributed by atoms with Crippen LogP contribution in [0.25, 0.3) is 0 Å². The molecule has 7 heteroatoms. The number of ether oxygens (including phenoxy) is 1. The first-order valence-corrected chi connectivity index (χ1v) is 8.35. The quantitative estimate of drug-likeness (QED) is 0.797. The molecule has 21 heavy (non-hydrogen) atoms. The summed E-state index contributed by atoms with van der Waals surface area (Å²) < 4.78 is 31.4. The largest absolute Gasteiger partial charge is 0.495 e. The van der Waals surface area contributed by atoms with E-state index in [1.165, 1.54) is 36.7 Å². The molecule has 0 aromatic heterocycles. The molecule has 1 fully saturated rings. The summed E-state index contributed by atoms with van der Waals surface area (Å²) in [5.41, 5.74) is 5.16. The Morgan fingerprint density at radius 2 is 2.00 bits per heavy atom. The second-order valence-corrected chi connectivity index (χ2v) is 7.64. The average Bonchev–Trinajstić information content (AvgIpc) is 2.85. The van der Waals surface area contributed by atoms with Crippen molar-refractivity contribution < 1.29 is 18.3 Å². The van der Waals surface area contributed by atoms with Gasteiger partial charge in [0.25, 0.3) is 0 Å². The van der Waals surface area contributed by atoms with Crippen LogP contribution in [0.2, 0.25) is 0 Å². The molecule has 118 valence electrons. The Hall–Kier alpha value is -1.31. The van der Waals surface area contributed by atoms with E-state index in [0.29, 0.717) is 24.3 Å². The lowest BCUT2D eigenvalue weighted by Gasteiger charge is -2.28. The summed E-state index contributed by atoms with van der Waals surface area (Å²) in [6.45, 7) is 0.0992. The van der Waals surface area contributed by atoms with Crippen molar-refractivity contribution in [2.24, 2.45) is 0 Å². The van der Waals surface area contributed by atoms with Gasteiger partial charge in [-0.15, -0.1) is 0 Å². The standard InChI is InChI=1S/C14H22N2O4S/c1-16(10-14(17)7-3-4-8-14)21(18,19)11-5-6-12(15)13(9-11)20-2/h5-6,9,17H,3-4,7-8,10,15H2,1-2H3. The minimum atomic E-state index is -3.68. The predicted molar refractivity (Wildman–Crippen MR) is 80.6 cm³/mol. The van der Waals surface area contributed by atoms with Gasteiger partial charge in [-0.05, 0) is 25.0 Å². The lowest BCUT2D eigenvalue weighted by atomic mass is 10.0. The summed E-state index contributed by atoms with van der Waals surface area (Å²) in [4.78, 5) is 0.109. The first-order chi connectivity index (χ1) is 9.78. The van der Waals surface area contributed by atoms with Gasteiger partial charge in [0.2, 0.25) is 10.0 Å². The molecule has 1 aliphatic carbocycles. The minimum absolute atomic E-state index is 0.0992. The molecule has 3 N–H and O–H groups in total. The minimum Gasteiger partial charge on any atom is -0.495 e. The summed E-state index contributed by atoms with van der Waals surface area (Å²) in [7, 11) is -0.758. The fourth-order valence-corrected chi connectivity index (χ4v) is 3.99. The second-order valence-electron chi connectivity index (χ2n) is 5.60. The van der Waals surface area contributed by atoms with Crippen LogP contribution in [0.5, 0.6) is 5.75 Å². The van der Waals surface area contributed by atoms with E-state index >= 15 is 0 Å². The molecule has 2 rings (SSSR count). The van der Waals surface area contributed by atoms with Crippen molar-refractivity contribution in [1.82, 2.24) is 4.31 Å². The highest BCUT2D eigenvalue weighted by Gasteiger charge is 2.35. The molecule has 0 spiro atoms. The zero-order valence-electron chi connectivity index (χ0n) is 12.4. The molecule has 0 unspecified atom stereocenters. The lowest BCUT2D eigenvalue weighted by molar-refractivity contribution is 0.0333. The number of likely N-dealkylation sites (N-methyl/N-ethyl adjacent to an activating group) is 1. The highest BCUT2D eigenvalue weighted by atomic mass is 32.2. The molecule has 6 nitrogen and oxygen atoms in total. The molecule has 0 amide bonds. The van der Waals surface area contributed by atoms with Gasteiger partial charge in [-0.3, -0.25) is 0 Å². The highest BCUT2D eigenvalue weighted by Crippen LogP contribution is 2.32. The third kappa shape index (κ3) is 3.30. The maximum absolute atomic E-state index is 12.6. The molecule has 1 aromatic carbocycles. The van der Waals surface area contributed by atoms with Gasteiger partial charge in [0.15, 0.2) is 0 Å². The number of hydrogen-bond acceptors (Lipinski definition) is 5. The number of anilines is 1. The fraction of sp³-hybridized carbons (Fsp3) is 0.571. The number of rotatable bonds is 5. The van der Waals surface area contributed by atoms with E-state index in [1.54, 1.807) is 0 Å². The Morgan fingerprint density at radius 1 is 1.38 bits per heavy atom. The predicted octanol–water partition coefficient (Wildman–Crippen LogP) is 1.20. The molecule has 0 bridgehead atoms. The van der Waals surface area contributed by atoms with Crippen molar-refractivity contribution in [3.8, 4) is 5.75 Å². The Morgan fingerprint density at radius 3 is 2.57 bits per heavy atom. The van der Waals surface area contributed by atoms with Gasteiger partial charge in [-0.1, -0.05) is 12.8 Å². The Labute approximate surface area is 125 Å². The van der Waals surface area contributed by atoms with Gasteiger partial charge >= 0.3 is 0 Å². The SMILES string of the molecule is COc1cc(S(=O)(=O)N(C)CC2(O)CCCC2)ccc1N. The number of aliphatic hydroxyl groups is 1. The molecule has 1 saturated carbocycles. The molecule has 1 aliphatic rings. The van der Waals surface area contributed by atoms with Gasteiger partial charge in [-0.2, -0.15) is 4.31 Å². The summed E-state index contributed by atoms with van der Waals surface area (Å²) in [5, 5.41) is 10.4. The van der Waals surface area contributed by atoms with Gasteiger partial charge in [0.1, 0.15) is 5.75 Å². The zero-order valence-corrected chi connectivity index (χ0v) is 13.2. The number of hydrogen-bond donors (Lipinski definition) is 2. The zero-order chi connectivity index (χ0) is 15.7. The number of methoxy groups -OCH3 is 1. The molecule has 0 radical (unpaired) electrons.